The zero-order valence-electron chi connectivity index (χ0n) is 11.5. The first kappa shape index (κ1) is 14.2. The second kappa shape index (κ2) is 5.90. The molecule has 2 heterocycles. The van der Waals surface area contributed by atoms with Gasteiger partial charge in [-0.15, -0.1) is 5.10 Å². The molecule has 110 valence electrons. The zero-order valence-corrected chi connectivity index (χ0v) is 12.3. The molecule has 0 atom stereocenters. The summed E-state index contributed by atoms with van der Waals surface area (Å²) in [5.74, 6) is -0.386. The van der Waals surface area contributed by atoms with E-state index in [1.807, 2.05) is 31.2 Å². The van der Waals surface area contributed by atoms with Crippen LogP contribution >= 0.6 is 11.6 Å². The Morgan fingerprint density at radius 2 is 2.09 bits per heavy atom. The van der Waals surface area contributed by atoms with E-state index in [0.29, 0.717) is 10.7 Å². The van der Waals surface area contributed by atoms with Crippen LogP contribution in [0.3, 0.4) is 0 Å². The molecule has 0 bridgehead atoms. The molecular formula is C14H11ClN6O. The van der Waals surface area contributed by atoms with Gasteiger partial charge in [-0.2, -0.15) is 5.21 Å². The fraction of sp³-hybridized carbons (Fsp3) is 0.0714. The number of aromatic nitrogens is 5. The number of nitrogens with zero attached hydrogens (tertiary/aromatic N) is 4. The maximum Gasteiger partial charge on any atom is 0.276 e. The number of aromatic amines is 1. The molecule has 2 N–H and O–H groups in total. The number of aryl methyl sites for hydroxylation is 1. The summed E-state index contributed by atoms with van der Waals surface area (Å²) in [5, 5.41) is 15.8. The molecule has 3 rings (SSSR count). The Labute approximate surface area is 130 Å². The summed E-state index contributed by atoms with van der Waals surface area (Å²) in [7, 11) is 0. The molecule has 7 nitrogen and oxygen atoms in total. The molecule has 1 aromatic carbocycles. The number of H-pyrrole nitrogens is 1. The van der Waals surface area contributed by atoms with Gasteiger partial charge in [-0.1, -0.05) is 41.0 Å². The summed E-state index contributed by atoms with van der Waals surface area (Å²) in [6, 6.07) is 10.9. The summed E-state index contributed by atoms with van der Waals surface area (Å²) in [6.45, 7) is 1.97. The van der Waals surface area contributed by atoms with Gasteiger partial charge in [-0.25, -0.2) is 4.98 Å². The van der Waals surface area contributed by atoms with Crippen LogP contribution in [0.5, 0.6) is 0 Å². The maximum atomic E-state index is 12.2. The molecule has 0 aliphatic rings. The lowest BCUT2D eigenvalue weighted by Crippen LogP contribution is -2.15. The second-order valence-electron chi connectivity index (χ2n) is 4.56. The molecule has 0 radical (unpaired) electrons. The van der Waals surface area contributed by atoms with Crippen molar-refractivity contribution in [1.29, 1.82) is 0 Å². The van der Waals surface area contributed by atoms with Crippen molar-refractivity contribution in [2.45, 2.75) is 6.92 Å². The summed E-state index contributed by atoms with van der Waals surface area (Å²) in [5.41, 5.74) is 2.76. The Balaban J connectivity index is 1.96. The van der Waals surface area contributed by atoms with E-state index in [2.05, 4.69) is 30.9 Å². The minimum Gasteiger partial charge on any atom is -0.286 e. The van der Waals surface area contributed by atoms with Crippen molar-refractivity contribution < 1.29 is 4.79 Å². The number of carbonyl (C=O) groups excluding carboxylic acids is 1. The molecule has 0 aliphatic carbocycles. The molecule has 0 fully saturated rings. The monoisotopic (exact) mass is 314 g/mol. The third kappa shape index (κ3) is 2.94. The number of nitrogens with one attached hydrogen (secondary N) is 2. The molecule has 0 aliphatic heterocycles. The molecule has 1 amide bonds. The molecule has 8 heteroatoms. The van der Waals surface area contributed by atoms with E-state index in [-0.39, 0.29) is 11.6 Å². The highest BCUT2D eigenvalue weighted by Crippen LogP contribution is 2.24. The average molecular weight is 315 g/mol. The van der Waals surface area contributed by atoms with E-state index in [4.69, 9.17) is 11.6 Å². The highest BCUT2D eigenvalue weighted by Gasteiger charge is 2.14. The first-order valence-electron chi connectivity index (χ1n) is 6.42. The zero-order chi connectivity index (χ0) is 15.5. The molecule has 0 spiro atoms. The van der Waals surface area contributed by atoms with Crippen LogP contribution < -0.4 is 5.32 Å². The number of rotatable bonds is 3. The SMILES string of the molecule is Cc1ccccc1-c1cc(Cl)cc(C(=O)Nc2nn[nH]n2)n1. The van der Waals surface area contributed by atoms with Gasteiger partial charge in [-0.3, -0.25) is 10.1 Å². The van der Waals surface area contributed by atoms with E-state index < -0.39 is 5.91 Å². The minimum atomic E-state index is -0.460. The van der Waals surface area contributed by atoms with Crippen molar-refractivity contribution in [2.24, 2.45) is 0 Å². The first-order chi connectivity index (χ1) is 10.6. The van der Waals surface area contributed by atoms with Gasteiger partial charge in [0.2, 0.25) is 0 Å². The van der Waals surface area contributed by atoms with Crippen molar-refractivity contribution in [1.82, 2.24) is 25.6 Å². The van der Waals surface area contributed by atoms with Crippen LogP contribution in [0.15, 0.2) is 36.4 Å². The number of hydrogen-bond donors (Lipinski definition) is 2. The highest BCUT2D eigenvalue weighted by atomic mass is 35.5. The van der Waals surface area contributed by atoms with E-state index in [0.717, 1.165) is 11.1 Å². The van der Waals surface area contributed by atoms with Crippen LogP contribution in [0.2, 0.25) is 5.02 Å². The highest BCUT2D eigenvalue weighted by molar-refractivity contribution is 6.31. The van der Waals surface area contributed by atoms with Gasteiger partial charge in [0, 0.05) is 10.6 Å². The van der Waals surface area contributed by atoms with Crippen molar-refractivity contribution in [2.75, 3.05) is 5.32 Å². The van der Waals surface area contributed by atoms with Gasteiger partial charge < -0.3 is 0 Å². The van der Waals surface area contributed by atoms with Crippen molar-refractivity contribution in [3.05, 3.63) is 52.7 Å². The van der Waals surface area contributed by atoms with Crippen LogP contribution in [-0.2, 0) is 0 Å². The molecular weight excluding hydrogens is 304 g/mol. The topological polar surface area (TPSA) is 96.5 Å². The van der Waals surface area contributed by atoms with Crippen LogP contribution in [0.4, 0.5) is 5.95 Å². The Kier molecular flexibility index (Phi) is 3.80. The number of anilines is 1. The molecule has 0 saturated heterocycles. The van der Waals surface area contributed by atoms with Gasteiger partial charge in [0.15, 0.2) is 0 Å². The summed E-state index contributed by atoms with van der Waals surface area (Å²) in [4.78, 5) is 16.5. The van der Waals surface area contributed by atoms with E-state index >= 15 is 0 Å². The van der Waals surface area contributed by atoms with Crippen LogP contribution in [0, 0.1) is 6.92 Å². The van der Waals surface area contributed by atoms with Crippen LogP contribution in [0.25, 0.3) is 11.3 Å². The Morgan fingerprint density at radius 3 is 2.82 bits per heavy atom. The third-order valence-corrected chi connectivity index (χ3v) is 3.23. The van der Waals surface area contributed by atoms with Gasteiger partial charge in [0.05, 0.1) is 5.69 Å². The molecule has 0 unspecified atom stereocenters. The quantitative estimate of drug-likeness (QED) is 0.774. The van der Waals surface area contributed by atoms with Gasteiger partial charge in [-0.05, 0) is 29.8 Å². The van der Waals surface area contributed by atoms with Crippen molar-refractivity contribution in [3.8, 4) is 11.3 Å². The number of benzene rings is 1. The average Bonchev–Trinajstić information content (AvgIpc) is 3.00. The van der Waals surface area contributed by atoms with E-state index in [9.17, 15) is 4.79 Å². The van der Waals surface area contributed by atoms with E-state index in [1.54, 1.807) is 6.07 Å². The molecule has 0 saturated carbocycles. The minimum absolute atomic E-state index is 0.0733. The lowest BCUT2D eigenvalue weighted by atomic mass is 10.1. The number of tetrazole rings is 1. The summed E-state index contributed by atoms with van der Waals surface area (Å²) in [6.07, 6.45) is 0. The number of hydrogen-bond acceptors (Lipinski definition) is 5. The smallest absolute Gasteiger partial charge is 0.276 e. The predicted molar refractivity (Wildman–Crippen MR) is 81.6 cm³/mol. The van der Waals surface area contributed by atoms with Gasteiger partial charge in [0.25, 0.3) is 11.9 Å². The molecule has 22 heavy (non-hydrogen) atoms. The number of pyridine rings is 1. The number of halogens is 1. The predicted octanol–water partition coefficient (Wildman–Crippen LogP) is 2.48. The third-order valence-electron chi connectivity index (χ3n) is 3.01. The number of carbonyl (C=O) groups is 1. The largest absolute Gasteiger partial charge is 0.286 e. The standard InChI is InChI=1S/C14H11ClN6O/c1-8-4-2-3-5-10(8)11-6-9(15)7-12(16-11)13(22)17-14-18-20-21-19-14/h2-7H,1H3,(H2,17,18,19,20,21,22). The van der Waals surface area contributed by atoms with Crippen molar-refractivity contribution >= 4 is 23.5 Å². The number of amides is 1. The lowest BCUT2D eigenvalue weighted by molar-refractivity contribution is 0.102. The summed E-state index contributed by atoms with van der Waals surface area (Å²) >= 11 is 6.11. The fourth-order valence-corrected chi connectivity index (χ4v) is 2.20. The van der Waals surface area contributed by atoms with Gasteiger partial charge >= 0.3 is 0 Å². The maximum absolute atomic E-state index is 12.2. The van der Waals surface area contributed by atoms with Crippen LogP contribution in [-0.4, -0.2) is 31.5 Å². The summed E-state index contributed by atoms with van der Waals surface area (Å²) < 4.78 is 0. The van der Waals surface area contributed by atoms with E-state index in [1.165, 1.54) is 6.07 Å². The van der Waals surface area contributed by atoms with Crippen molar-refractivity contribution in [3.63, 3.8) is 0 Å². The Morgan fingerprint density at radius 1 is 1.27 bits per heavy atom. The fourth-order valence-electron chi connectivity index (χ4n) is 1.99. The molecule has 2 aromatic heterocycles. The Bertz CT molecular complexity index is 818. The second-order valence-corrected chi connectivity index (χ2v) is 5.00. The molecule has 3 aromatic rings. The van der Waals surface area contributed by atoms with Crippen LogP contribution in [0.1, 0.15) is 16.1 Å². The normalized spacial score (nSPS) is 10.5. The van der Waals surface area contributed by atoms with Gasteiger partial charge in [0.1, 0.15) is 5.69 Å². The first-order valence-corrected chi connectivity index (χ1v) is 6.79. The lowest BCUT2D eigenvalue weighted by Gasteiger charge is -2.08. The Hall–Kier alpha value is -2.80.